The van der Waals surface area contributed by atoms with Gasteiger partial charge in [0.2, 0.25) is 0 Å². The second-order valence-electron chi connectivity index (χ2n) is 7.98. The monoisotopic (exact) mass is 415 g/mol. The summed E-state index contributed by atoms with van der Waals surface area (Å²) in [6.45, 7) is 10.8. The molecule has 0 saturated heterocycles. The van der Waals surface area contributed by atoms with Gasteiger partial charge in [0.15, 0.2) is 0 Å². The van der Waals surface area contributed by atoms with E-state index in [2.05, 4.69) is 78.5 Å². The van der Waals surface area contributed by atoms with Gasteiger partial charge in [0.05, 0.1) is 0 Å². The molecule has 2 rings (SSSR count). The number of hydrogen-bond donors (Lipinski definition) is 1. The molecular formula is C24H37N3OS. The highest BCUT2D eigenvalue weighted by atomic mass is 32.2. The van der Waals surface area contributed by atoms with Crippen molar-refractivity contribution in [2.45, 2.75) is 43.9 Å². The maximum atomic E-state index is 10.7. The summed E-state index contributed by atoms with van der Waals surface area (Å²) in [4.78, 5) is 12.9. The molecule has 1 aromatic rings. The van der Waals surface area contributed by atoms with Crippen molar-refractivity contribution in [2.24, 2.45) is 0 Å². The Morgan fingerprint density at radius 2 is 1.97 bits per heavy atom. The number of nitrogens with one attached hydrogen (secondary N) is 1. The van der Waals surface area contributed by atoms with Gasteiger partial charge in [-0.3, -0.25) is 9.10 Å². The van der Waals surface area contributed by atoms with Gasteiger partial charge in [-0.25, -0.2) is 0 Å². The fourth-order valence-corrected chi connectivity index (χ4v) is 4.51. The average Bonchev–Trinajstić information content (AvgIpc) is 2.74. The van der Waals surface area contributed by atoms with E-state index < -0.39 is 0 Å². The summed E-state index contributed by atoms with van der Waals surface area (Å²) in [6.07, 6.45) is 8.74. The summed E-state index contributed by atoms with van der Waals surface area (Å²) in [5.41, 5.74) is 3.44. The molecule has 0 saturated carbocycles. The van der Waals surface area contributed by atoms with Crippen LogP contribution in [0.4, 0.5) is 0 Å². The Kier molecular flexibility index (Phi) is 10.7. The predicted octanol–water partition coefficient (Wildman–Crippen LogP) is 4.26. The zero-order valence-electron chi connectivity index (χ0n) is 18.3. The normalized spacial score (nSPS) is 19.1. The first-order valence-corrected chi connectivity index (χ1v) is 11.5. The van der Waals surface area contributed by atoms with E-state index >= 15 is 0 Å². The van der Waals surface area contributed by atoms with Gasteiger partial charge in [0, 0.05) is 43.9 Å². The third-order valence-corrected chi connectivity index (χ3v) is 6.68. The number of hydrogen-bond acceptors (Lipinski definition) is 5. The van der Waals surface area contributed by atoms with Crippen LogP contribution in [-0.4, -0.2) is 61.0 Å². The number of rotatable bonds is 13. The maximum absolute atomic E-state index is 10.7. The predicted molar refractivity (Wildman–Crippen MR) is 126 cm³/mol. The second kappa shape index (κ2) is 13.0. The molecule has 0 radical (unpaired) electrons. The van der Waals surface area contributed by atoms with Gasteiger partial charge in [-0.2, -0.15) is 0 Å². The Bertz CT molecular complexity index is 657. The molecule has 0 fully saturated rings. The molecule has 1 aliphatic rings. The molecule has 2 atom stereocenters. The van der Waals surface area contributed by atoms with E-state index in [0.29, 0.717) is 16.7 Å². The van der Waals surface area contributed by atoms with Crippen molar-refractivity contribution in [3.63, 3.8) is 0 Å². The molecule has 0 amide bonds. The van der Waals surface area contributed by atoms with Crippen LogP contribution in [0.5, 0.6) is 0 Å². The quantitative estimate of drug-likeness (QED) is 0.171. The minimum absolute atomic E-state index is 0.521. The van der Waals surface area contributed by atoms with Crippen LogP contribution < -0.4 is 5.32 Å². The van der Waals surface area contributed by atoms with Gasteiger partial charge < -0.3 is 10.2 Å². The zero-order valence-corrected chi connectivity index (χ0v) is 19.1. The molecule has 1 aromatic carbocycles. The minimum Gasteiger partial charge on any atom is -0.311 e. The first kappa shape index (κ1) is 23.9. The number of aldehydes is 1. The van der Waals surface area contributed by atoms with Crippen molar-refractivity contribution in [1.82, 2.24) is 14.5 Å². The first-order chi connectivity index (χ1) is 14.0. The van der Waals surface area contributed by atoms with E-state index in [1.165, 1.54) is 24.0 Å². The molecule has 0 aromatic heterocycles. The molecule has 1 aliphatic carbocycles. The molecule has 0 heterocycles. The molecule has 160 valence electrons. The van der Waals surface area contributed by atoms with E-state index in [-0.39, 0.29) is 0 Å². The number of allylic oxidation sites excluding steroid dienone is 1. The average molecular weight is 416 g/mol. The Hall–Kier alpha value is -1.40. The van der Waals surface area contributed by atoms with Gasteiger partial charge in [0.1, 0.15) is 6.29 Å². The molecule has 0 bridgehead atoms. The fraction of sp³-hybridized carbons (Fsp3) is 0.542. The Morgan fingerprint density at radius 3 is 2.55 bits per heavy atom. The van der Waals surface area contributed by atoms with Crippen LogP contribution in [0.1, 0.15) is 43.2 Å². The Morgan fingerprint density at radius 1 is 1.21 bits per heavy atom. The molecular weight excluding hydrogens is 378 g/mol. The summed E-state index contributed by atoms with van der Waals surface area (Å²) < 4.78 is 2.35. The number of nitrogens with zero attached hydrogens (tertiary/aromatic N) is 2. The zero-order chi connectivity index (χ0) is 21.1. The van der Waals surface area contributed by atoms with Gasteiger partial charge in [-0.15, -0.1) is 0 Å². The molecule has 29 heavy (non-hydrogen) atoms. The van der Waals surface area contributed by atoms with Gasteiger partial charge in [0.25, 0.3) is 0 Å². The lowest BCUT2D eigenvalue weighted by atomic mass is 9.89. The molecule has 1 N–H and O–H groups in total. The topological polar surface area (TPSA) is 35.6 Å². The van der Waals surface area contributed by atoms with Crippen molar-refractivity contribution in [2.75, 3.05) is 40.3 Å². The largest absolute Gasteiger partial charge is 0.311 e. The Labute approximate surface area is 181 Å². The SMILES string of the molecule is C=C(C=O)CCN(CC)SC1C=CC(c2ccc(CNCCN(C)C)cc2)CC1. The lowest BCUT2D eigenvalue weighted by Crippen LogP contribution is -2.26. The number of benzene rings is 1. The highest BCUT2D eigenvalue weighted by Crippen LogP contribution is 2.34. The van der Waals surface area contributed by atoms with Crippen LogP contribution in [0.2, 0.25) is 0 Å². The van der Waals surface area contributed by atoms with Gasteiger partial charge >= 0.3 is 0 Å². The third-order valence-electron chi connectivity index (χ3n) is 5.28. The summed E-state index contributed by atoms with van der Waals surface area (Å²) in [5.74, 6) is 0.521. The lowest BCUT2D eigenvalue weighted by Gasteiger charge is -2.28. The van der Waals surface area contributed by atoms with E-state index in [1.54, 1.807) is 0 Å². The molecule has 2 unspecified atom stereocenters. The Balaban J connectivity index is 1.79. The standard InChI is InChI=1S/C24H37N3OS/c1-5-27(16-14-20(2)19-28)29-24-12-10-23(11-13-24)22-8-6-21(7-9-22)18-25-15-17-26(3)4/h6-10,12,19,23-25H,2,5,11,13-18H2,1,3-4H3. The van der Waals surface area contributed by atoms with Crippen molar-refractivity contribution in [3.05, 3.63) is 59.7 Å². The first-order valence-electron chi connectivity index (χ1n) is 10.7. The summed E-state index contributed by atoms with van der Waals surface area (Å²) in [5, 5.41) is 4.02. The third kappa shape index (κ3) is 8.87. The van der Waals surface area contributed by atoms with Crippen molar-refractivity contribution < 1.29 is 4.79 Å². The molecule has 5 heteroatoms. The van der Waals surface area contributed by atoms with Gasteiger partial charge in [-0.05, 0) is 50.1 Å². The smallest absolute Gasteiger partial charge is 0.145 e. The highest BCUT2D eigenvalue weighted by Gasteiger charge is 2.19. The highest BCUT2D eigenvalue weighted by molar-refractivity contribution is 7.97. The van der Waals surface area contributed by atoms with Crippen LogP contribution in [0, 0.1) is 0 Å². The number of carbonyl (C=O) groups is 1. The van der Waals surface area contributed by atoms with Crippen molar-refractivity contribution >= 4 is 18.2 Å². The van der Waals surface area contributed by atoms with E-state index in [1.807, 2.05) is 11.9 Å². The number of carbonyl (C=O) groups excluding carboxylic acids is 1. The van der Waals surface area contributed by atoms with Crippen LogP contribution in [0.25, 0.3) is 0 Å². The van der Waals surface area contributed by atoms with Crippen LogP contribution in [-0.2, 0) is 11.3 Å². The van der Waals surface area contributed by atoms with Crippen LogP contribution in [0.15, 0.2) is 48.6 Å². The van der Waals surface area contributed by atoms with Crippen LogP contribution >= 0.6 is 11.9 Å². The number of likely N-dealkylation sites (N-methyl/N-ethyl adjacent to an activating group) is 1. The summed E-state index contributed by atoms with van der Waals surface area (Å²) in [6, 6.07) is 9.08. The van der Waals surface area contributed by atoms with Crippen LogP contribution in [0.3, 0.4) is 0 Å². The molecule has 0 aliphatic heterocycles. The fourth-order valence-electron chi connectivity index (χ4n) is 3.38. The summed E-state index contributed by atoms with van der Waals surface area (Å²) >= 11 is 1.91. The second-order valence-corrected chi connectivity index (χ2v) is 9.31. The van der Waals surface area contributed by atoms with E-state index in [9.17, 15) is 4.79 Å². The van der Waals surface area contributed by atoms with E-state index in [0.717, 1.165) is 45.4 Å². The van der Waals surface area contributed by atoms with Crippen molar-refractivity contribution in [3.8, 4) is 0 Å². The minimum atomic E-state index is 0.521. The van der Waals surface area contributed by atoms with Gasteiger partial charge in [-0.1, -0.05) is 61.9 Å². The maximum Gasteiger partial charge on any atom is 0.145 e. The van der Waals surface area contributed by atoms with Crippen molar-refractivity contribution in [1.29, 1.82) is 0 Å². The van der Waals surface area contributed by atoms with E-state index in [4.69, 9.17) is 0 Å². The summed E-state index contributed by atoms with van der Waals surface area (Å²) in [7, 11) is 4.20. The molecule has 4 nitrogen and oxygen atoms in total. The lowest BCUT2D eigenvalue weighted by molar-refractivity contribution is -0.105. The molecule has 0 spiro atoms.